The smallest absolute Gasteiger partial charge is 0.328 e. The van der Waals surface area contributed by atoms with E-state index in [-0.39, 0.29) is 11.9 Å². The molecular weight excluding hydrogens is 336 g/mol. The first-order valence-electron chi connectivity index (χ1n) is 6.92. The van der Waals surface area contributed by atoms with Gasteiger partial charge in [0.15, 0.2) is 0 Å². The van der Waals surface area contributed by atoms with E-state index >= 15 is 0 Å². The topological polar surface area (TPSA) is 60.3 Å². The molecule has 0 fully saturated rings. The molecule has 118 valence electrons. The highest BCUT2D eigenvalue weighted by molar-refractivity contribution is 9.10. The number of carbonyl (C=O) groups excluding carboxylic acids is 2. The van der Waals surface area contributed by atoms with E-state index in [0.29, 0.717) is 5.69 Å². The van der Waals surface area contributed by atoms with Crippen LogP contribution in [0, 0.1) is 0 Å². The summed E-state index contributed by atoms with van der Waals surface area (Å²) in [5, 5.41) is 2.67. The second-order valence-electron chi connectivity index (χ2n) is 6.27. The summed E-state index contributed by atoms with van der Waals surface area (Å²) in [6.07, 6.45) is 1.84. The fourth-order valence-corrected chi connectivity index (χ4v) is 2.21. The van der Waals surface area contributed by atoms with Crippen LogP contribution in [0.5, 0.6) is 0 Å². The molecule has 1 rings (SSSR count). The van der Waals surface area contributed by atoms with Crippen LogP contribution in [0.1, 0.15) is 58.1 Å². The predicted molar refractivity (Wildman–Crippen MR) is 85.3 cm³/mol. The van der Waals surface area contributed by atoms with Crippen LogP contribution in [-0.4, -0.2) is 28.1 Å². The molecule has 0 aromatic carbocycles. The number of nitrogens with one attached hydrogen (secondary N) is 1. The van der Waals surface area contributed by atoms with Crippen molar-refractivity contribution in [3.63, 3.8) is 0 Å². The van der Waals surface area contributed by atoms with Gasteiger partial charge in [0.25, 0.3) is 5.91 Å². The van der Waals surface area contributed by atoms with Gasteiger partial charge in [-0.15, -0.1) is 0 Å². The third-order valence-corrected chi connectivity index (χ3v) is 3.15. The van der Waals surface area contributed by atoms with Gasteiger partial charge in [-0.25, -0.2) is 4.79 Å². The van der Waals surface area contributed by atoms with Gasteiger partial charge in [0.05, 0.1) is 0 Å². The van der Waals surface area contributed by atoms with Crippen molar-refractivity contribution in [1.29, 1.82) is 0 Å². The molecule has 0 radical (unpaired) electrons. The van der Waals surface area contributed by atoms with Gasteiger partial charge in [0, 0.05) is 16.7 Å². The van der Waals surface area contributed by atoms with E-state index in [4.69, 9.17) is 4.74 Å². The van der Waals surface area contributed by atoms with Crippen molar-refractivity contribution < 1.29 is 14.3 Å². The van der Waals surface area contributed by atoms with Gasteiger partial charge < -0.3 is 14.6 Å². The van der Waals surface area contributed by atoms with Crippen LogP contribution < -0.4 is 5.32 Å². The average Bonchev–Trinajstić information content (AvgIpc) is 2.69. The third-order valence-electron chi connectivity index (χ3n) is 2.71. The minimum absolute atomic E-state index is 0.147. The molecule has 0 saturated heterocycles. The van der Waals surface area contributed by atoms with Crippen LogP contribution in [0.15, 0.2) is 16.7 Å². The molecule has 1 heterocycles. The highest BCUT2D eigenvalue weighted by Gasteiger charge is 2.24. The van der Waals surface area contributed by atoms with Gasteiger partial charge >= 0.3 is 5.97 Å². The van der Waals surface area contributed by atoms with E-state index in [1.807, 2.05) is 24.6 Å². The number of ether oxygens (including phenoxy) is 1. The first-order chi connectivity index (χ1) is 9.51. The second-order valence-corrected chi connectivity index (χ2v) is 7.19. The van der Waals surface area contributed by atoms with Crippen LogP contribution in [0.3, 0.4) is 0 Å². The fraction of sp³-hybridized carbons (Fsp3) is 0.600. The van der Waals surface area contributed by atoms with E-state index in [9.17, 15) is 9.59 Å². The van der Waals surface area contributed by atoms with Gasteiger partial charge in [0.1, 0.15) is 17.3 Å². The minimum Gasteiger partial charge on any atom is -0.458 e. The molecule has 0 spiro atoms. The van der Waals surface area contributed by atoms with Crippen LogP contribution in [0.25, 0.3) is 0 Å². The molecular formula is C15H23BrN2O3. The SMILES string of the molecule is CC(C)n1cc(Br)cc1C(=O)N[C@@H](C)C(=O)OC(C)(C)C. The lowest BCUT2D eigenvalue weighted by Crippen LogP contribution is -2.42. The summed E-state index contributed by atoms with van der Waals surface area (Å²) in [5.74, 6) is -0.745. The van der Waals surface area contributed by atoms with Crippen molar-refractivity contribution in [3.8, 4) is 0 Å². The number of amides is 1. The van der Waals surface area contributed by atoms with Crippen molar-refractivity contribution >= 4 is 27.8 Å². The lowest BCUT2D eigenvalue weighted by atomic mass is 10.2. The van der Waals surface area contributed by atoms with Crippen molar-refractivity contribution in [1.82, 2.24) is 9.88 Å². The highest BCUT2D eigenvalue weighted by Crippen LogP contribution is 2.19. The monoisotopic (exact) mass is 358 g/mol. The van der Waals surface area contributed by atoms with E-state index in [0.717, 1.165) is 4.47 Å². The molecule has 21 heavy (non-hydrogen) atoms. The van der Waals surface area contributed by atoms with E-state index in [1.165, 1.54) is 0 Å². The average molecular weight is 359 g/mol. The molecule has 6 heteroatoms. The Morgan fingerprint density at radius 1 is 1.29 bits per heavy atom. The summed E-state index contributed by atoms with van der Waals surface area (Å²) >= 11 is 3.36. The first-order valence-corrected chi connectivity index (χ1v) is 7.71. The van der Waals surface area contributed by atoms with Crippen molar-refractivity contribution in [2.24, 2.45) is 0 Å². The molecule has 0 unspecified atom stereocenters. The standard InChI is InChI=1S/C15H23BrN2O3/c1-9(2)18-8-11(16)7-12(18)13(19)17-10(3)14(20)21-15(4,5)6/h7-10H,1-6H3,(H,17,19)/t10-/m0/s1. The Kier molecular flexibility index (Phi) is 5.61. The summed E-state index contributed by atoms with van der Waals surface area (Å²) in [7, 11) is 0. The summed E-state index contributed by atoms with van der Waals surface area (Å²) < 4.78 is 7.92. The zero-order chi connectivity index (χ0) is 16.4. The maximum absolute atomic E-state index is 12.3. The van der Waals surface area contributed by atoms with Gasteiger partial charge in [0.2, 0.25) is 0 Å². The number of rotatable bonds is 4. The number of esters is 1. The van der Waals surface area contributed by atoms with E-state index in [1.54, 1.807) is 33.8 Å². The van der Waals surface area contributed by atoms with E-state index in [2.05, 4.69) is 21.2 Å². The number of nitrogens with zero attached hydrogens (tertiary/aromatic N) is 1. The van der Waals surface area contributed by atoms with Gasteiger partial charge in [-0.1, -0.05) is 0 Å². The molecule has 0 aliphatic carbocycles. The van der Waals surface area contributed by atoms with Gasteiger partial charge in [-0.3, -0.25) is 4.79 Å². The van der Waals surface area contributed by atoms with Crippen molar-refractivity contribution in [3.05, 3.63) is 22.4 Å². The molecule has 1 amide bonds. The molecule has 1 atom stereocenters. The minimum atomic E-state index is -0.703. The normalized spacial score (nSPS) is 13.1. The quantitative estimate of drug-likeness (QED) is 0.840. The maximum atomic E-state index is 12.3. The molecule has 0 aliphatic rings. The molecule has 0 aliphatic heterocycles. The largest absolute Gasteiger partial charge is 0.458 e. The highest BCUT2D eigenvalue weighted by atomic mass is 79.9. The van der Waals surface area contributed by atoms with E-state index < -0.39 is 17.6 Å². The number of hydrogen-bond acceptors (Lipinski definition) is 3. The summed E-state index contributed by atoms with van der Waals surface area (Å²) in [4.78, 5) is 24.2. The Bertz CT molecular complexity index is 530. The number of hydrogen-bond donors (Lipinski definition) is 1. The Morgan fingerprint density at radius 3 is 2.33 bits per heavy atom. The first kappa shape index (κ1) is 17.8. The molecule has 0 bridgehead atoms. The predicted octanol–water partition coefficient (Wildman–Crippen LogP) is 3.29. The Labute approximate surface area is 134 Å². The summed E-state index contributed by atoms with van der Waals surface area (Å²) in [5.41, 5.74) is -0.0654. The van der Waals surface area contributed by atoms with Crippen LogP contribution in [0.2, 0.25) is 0 Å². The van der Waals surface area contributed by atoms with Gasteiger partial charge in [-0.05, 0) is 63.5 Å². The lowest BCUT2D eigenvalue weighted by Gasteiger charge is -2.23. The molecule has 5 nitrogen and oxygen atoms in total. The fourth-order valence-electron chi connectivity index (χ4n) is 1.77. The summed E-state index contributed by atoms with van der Waals surface area (Å²) in [6.45, 7) is 11.0. The molecule has 0 saturated carbocycles. The van der Waals surface area contributed by atoms with Crippen molar-refractivity contribution in [2.75, 3.05) is 0 Å². The van der Waals surface area contributed by atoms with Crippen molar-refractivity contribution in [2.45, 2.75) is 59.2 Å². The Balaban J connectivity index is 2.80. The van der Waals surface area contributed by atoms with Gasteiger partial charge in [-0.2, -0.15) is 0 Å². The molecule has 1 aromatic heterocycles. The van der Waals surface area contributed by atoms with Crippen LogP contribution in [0.4, 0.5) is 0 Å². The Morgan fingerprint density at radius 2 is 1.86 bits per heavy atom. The Hall–Kier alpha value is -1.30. The third kappa shape index (κ3) is 5.19. The number of aromatic nitrogens is 1. The zero-order valence-electron chi connectivity index (χ0n) is 13.4. The summed E-state index contributed by atoms with van der Waals surface area (Å²) in [6, 6.07) is 1.18. The molecule has 1 N–H and O–H groups in total. The molecule has 1 aromatic rings. The van der Waals surface area contributed by atoms with Crippen LogP contribution >= 0.6 is 15.9 Å². The zero-order valence-corrected chi connectivity index (χ0v) is 14.9. The lowest BCUT2D eigenvalue weighted by molar-refractivity contribution is -0.156. The maximum Gasteiger partial charge on any atom is 0.328 e. The second kappa shape index (κ2) is 6.64. The van der Waals surface area contributed by atoms with Crippen LogP contribution in [-0.2, 0) is 9.53 Å². The number of halogens is 1. The number of carbonyl (C=O) groups is 2.